The van der Waals surface area contributed by atoms with Crippen molar-refractivity contribution in [2.45, 2.75) is 17.9 Å². The molecule has 0 aliphatic heterocycles. The van der Waals surface area contributed by atoms with Gasteiger partial charge in [0.15, 0.2) is 5.76 Å². The predicted molar refractivity (Wildman–Crippen MR) is 96.5 cm³/mol. The van der Waals surface area contributed by atoms with E-state index in [-0.39, 0.29) is 0 Å². The molecule has 0 saturated carbocycles. The van der Waals surface area contributed by atoms with E-state index in [2.05, 4.69) is 21.1 Å². The van der Waals surface area contributed by atoms with Crippen molar-refractivity contribution in [1.82, 2.24) is 5.16 Å². The number of aliphatic hydroxyl groups excluding tert-OH is 1. The summed E-state index contributed by atoms with van der Waals surface area (Å²) in [5.41, 5.74) is 2.40. The van der Waals surface area contributed by atoms with Crippen molar-refractivity contribution in [3.8, 4) is 11.3 Å². The summed E-state index contributed by atoms with van der Waals surface area (Å²) in [5.74, 6) is 1.19. The molecule has 3 aromatic rings. The molecule has 1 unspecified atom stereocenters. The van der Waals surface area contributed by atoms with E-state index in [1.807, 2.05) is 61.5 Å². The summed E-state index contributed by atoms with van der Waals surface area (Å²) in [4.78, 5) is 1.13. The molecule has 3 rings (SSSR count). The van der Waals surface area contributed by atoms with Gasteiger partial charge in [0.05, 0.1) is 17.4 Å². The van der Waals surface area contributed by atoms with E-state index in [1.54, 1.807) is 11.8 Å². The van der Waals surface area contributed by atoms with Crippen LogP contribution in [-0.2, 0) is 0 Å². The third kappa shape index (κ3) is 3.86. The van der Waals surface area contributed by atoms with Gasteiger partial charge in [-0.2, -0.15) is 0 Å². The van der Waals surface area contributed by atoms with Crippen molar-refractivity contribution >= 4 is 27.7 Å². The van der Waals surface area contributed by atoms with Gasteiger partial charge in [-0.25, -0.2) is 0 Å². The molecule has 1 aromatic heterocycles. The maximum Gasteiger partial charge on any atom is 0.172 e. The van der Waals surface area contributed by atoms with Gasteiger partial charge in [-0.1, -0.05) is 51.4 Å². The summed E-state index contributed by atoms with van der Waals surface area (Å²) < 4.78 is 6.46. The van der Waals surface area contributed by atoms with E-state index in [0.717, 1.165) is 26.2 Å². The average Bonchev–Trinajstić information content (AvgIpc) is 2.96. The second kappa shape index (κ2) is 7.34. The minimum atomic E-state index is -0.634. The largest absolute Gasteiger partial charge is 0.387 e. The fourth-order valence-electron chi connectivity index (χ4n) is 2.35. The van der Waals surface area contributed by atoms with Crippen molar-refractivity contribution in [3.63, 3.8) is 0 Å². The van der Waals surface area contributed by atoms with E-state index in [0.29, 0.717) is 11.5 Å². The predicted octanol–water partition coefficient (Wildman–Crippen LogP) is 5.24. The number of thioether (sulfide) groups is 1. The van der Waals surface area contributed by atoms with Gasteiger partial charge in [0, 0.05) is 20.7 Å². The average molecular weight is 390 g/mol. The standard InChI is InChI=1S/C18H16BrNO2S/c1-12-17(16(21)11-23-15-5-3-2-4-6-15)18(22-20-12)13-7-9-14(19)10-8-13/h2-10,16,21H,11H2,1H3. The lowest BCUT2D eigenvalue weighted by Crippen LogP contribution is -2.03. The van der Waals surface area contributed by atoms with Gasteiger partial charge in [-0.15, -0.1) is 11.8 Å². The zero-order valence-corrected chi connectivity index (χ0v) is 15.0. The summed E-state index contributed by atoms with van der Waals surface area (Å²) >= 11 is 5.04. The van der Waals surface area contributed by atoms with E-state index in [9.17, 15) is 5.11 Å². The quantitative estimate of drug-likeness (QED) is 0.606. The van der Waals surface area contributed by atoms with Gasteiger partial charge in [0.2, 0.25) is 0 Å². The molecule has 0 fully saturated rings. The molecule has 0 amide bonds. The van der Waals surface area contributed by atoms with Crippen LogP contribution in [0.1, 0.15) is 17.4 Å². The Hall–Kier alpha value is -1.56. The Bertz CT molecular complexity index is 771. The highest BCUT2D eigenvalue weighted by molar-refractivity contribution is 9.10. The summed E-state index contributed by atoms with van der Waals surface area (Å²) in [6.45, 7) is 1.86. The van der Waals surface area contributed by atoms with Crippen LogP contribution in [-0.4, -0.2) is 16.0 Å². The normalized spacial score (nSPS) is 12.3. The molecular formula is C18H16BrNO2S. The molecule has 1 heterocycles. The maximum atomic E-state index is 10.6. The molecule has 2 aromatic carbocycles. The topological polar surface area (TPSA) is 46.3 Å². The first-order valence-electron chi connectivity index (χ1n) is 7.23. The molecule has 3 nitrogen and oxygen atoms in total. The summed E-state index contributed by atoms with van der Waals surface area (Å²) in [7, 11) is 0. The molecule has 1 atom stereocenters. The first-order chi connectivity index (χ1) is 11.1. The molecule has 118 valence electrons. The molecule has 0 aliphatic carbocycles. The summed E-state index contributed by atoms with van der Waals surface area (Å²) in [5, 5.41) is 14.7. The highest BCUT2D eigenvalue weighted by Gasteiger charge is 2.22. The van der Waals surface area contributed by atoms with Crippen molar-refractivity contribution in [2.24, 2.45) is 0 Å². The van der Waals surface area contributed by atoms with Gasteiger partial charge >= 0.3 is 0 Å². The SMILES string of the molecule is Cc1noc(-c2ccc(Br)cc2)c1C(O)CSc1ccccc1. The molecule has 0 radical (unpaired) electrons. The first kappa shape index (κ1) is 16.3. The number of aryl methyl sites for hydroxylation is 1. The second-order valence-electron chi connectivity index (χ2n) is 5.16. The van der Waals surface area contributed by atoms with Crippen LogP contribution in [0.2, 0.25) is 0 Å². The number of aliphatic hydroxyl groups is 1. The van der Waals surface area contributed by atoms with E-state index >= 15 is 0 Å². The highest BCUT2D eigenvalue weighted by Crippen LogP contribution is 2.34. The van der Waals surface area contributed by atoms with Crippen molar-refractivity contribution in [3.05, 3.63) is 70.3 Å². The maximum absolute atomic E-state index is 10.6. The smallest absolute Gasteiger partial charge is 0.172 e. The van der Waals surface area contributed by atoms with Crippen LogP contribution in [0, 0.1) is 6.92 Å². The number of hydrogen-bond donors (Lipinski definition) is 1. The number of halogens is 1. The number of aromatic nitrogens is 1. The second-order valence-corrected chi connectivity index (χ2v) is 7.17. The van der Waals surface area contributed by atoms with E-state index in [1.165, 1.54) is 0 Å². The Kier molecular flexibility index (Phi) is 5.20. The molecule has 1 N–H and O–H groups in total. The van der Waals surface area contributed by atoms with Gasteiger partial charge < -0.3 is 9.63 Å². The minimum Gasteiger partial charge on any atom is -0.387 e. The number of rotatable bonds is 5. The number of benzene rings is 2. The molecule has 23 heavy (non-hydrogen) atoms. The molecular weight excluding hydrogens is 374 g/mol. The Labute approximate surface area is 147 Å². The van der Waals surface area contributed by atoms with Crippen LogP contribution in [0.4, 0.5) is 0 Å². The fraction of sp³-hybridized carbons (Fsp3) is 0.167. The Morgan fingerprint density at radius 2 is 1.83 bits per heavy atom. The van der Waals surface area contributed by atoms with Crippen LogP contribution in [0.25, 0.3) is 11.3 Å². The Balaban J connectivity index is 1.81. The number of nitrogens with zero attached hydrogens (tertiary/aromatic N) is 1. The van der Waals surface area contributed by atoms with Crippen LogP contribution in [0.15, 0.2) is 68.5 Å². The third-order valence-corrected chi connectivity index (χ3v) is 5.12. The van der Waals surface area contributed by atoms with Gasteiger partial charge in [0.1, 0.15) is 0 Å². The lowest BCUT2D eigenvalue weighted by Gasteiger charge is -2.11. The summed E-state index contributed by atoms with van der Waals surface area (Å²) in [6.07, 6.45) is -0.634. The molecule has 0 spiro atoms. The van der Waals surface area contributed by atoms with Crippen LogP contribution < -0.4 is 0 Å². The van der Waals surface area contributed by atoms with Gasteiger partial charge in [-0.05, 0) is 31.2 Å². The third-order valence-electron chi connectivity index (χ3n) is 3.50. The lowest BCUT2D eigenvalue weighted by atomic mass is 10.0. The van der Waals surface area contributed by atoms with Gasteiger partial charge in [-0.3, -0.25) is 0 Å². The molecule has 0 bridgehead atoms. The highest BCUT2D eigenvalue weighted by atomic mass is 79.9. The van der Waals surface area contributed by atoms with E-state index in [4.69, 9.17) is 4.52 Å². The van der Waals surface area contributed by atoms with Crippen molar-refractivity contribution < 1.29 is 9.63 Å². The van der Waals surface area contributed by atoms with Crippen molar-refractivity contribution in [2.75, 3.05) is 5.75 Å². The summed E-state index contributed by atoms with van der Waals surface area (Å²) in [6, 6.07) is 17.8. The van der Waals surface area contributed by atoms with E-state index < -0.39 is 6.10 Å². The Morgan fingerprint density at radius 1 is 1.13 bits per heavy atom. The fourth-order valence-corrected chi connectivity index (χ4v) is 3.48. The molecule has 5 heteroatoms. The van der Waals surface area contributed by atoms with Crippen LogP contribution >= 0.6 is 27.7 Å². The van der Waals surface area contributed by atoms with Gasteiger partial charge in [0.25, 0.3) is 0 Å². The molecule has 0 saturated heterocycles. The van der Waals surface area contributed by atoms with Crippen LogP contribution in [0.5, 0.6) is 0 Å². The van der Waals surface area contributed by atoms with Crippen LogP contribution in [0.3, 0.4) is 0 Å². The zero-order chi connectivity index (χ0) is 16.2. The lowest BCUT2D eigenvalue weighted by molar-refractivity contribution is 0.203. The zero-order valence-electron chi connectivity index (χ0n) is 12.6. The first-order valence-corrected chi connectivity index (χ1v) is 9.01. The Morgan fingerprint density at radius 3 is 2.52 bits per heavy atom. The minimum absolute atomic E-state index is 0.551. The monoisotopic (exact) mass is 389 g/mol. The molecule has 0 aliphatic rings. The number of hydrogen-bond acceptors (Lipinski definition) is 4. The van der Waals surface area contributed by atoms with Crippen molar-refractivity contribution in [1.29, 1.82) is 0 Å².